The van der Waals surface area contributed by atoms with Crippen LogP contribution in [0.1, 0.15) is 81.9 Å². The summed E-state index contributed by atoms with van der Waals surface area (Å²) in [5.41, 5.74) is 3.46. The van der Waals surface area contributed by atoms with Gasteiger partial charge in [-0.15, -0.1) is 0 Å². The molecule has 0 spiro atoms. The number of hydrogen-bond acceptors (Lipinski definition) is 10. The van der Waals surface area contributed by atoms with Gasteiger partial charge in [-0.3, -0.25) is 19.2 Å². The molecule has 3 atom stereocenters. The number of halogens is 1. The molecule has 0 aromatic heterocycles. The van der Waals surface area contributed by atoms with Gasteiger partial charge in [-0.05, 0) is 70.6 Å². The second-order valence-corrected chi connectivity index (χ2v) is 19.6. The average Bonchev–Trinajstić information content (AvgIpc) is 3.69. The summed E-state index contributed by atoms with van der Waals surface area (Å²) in [5.74, 6) is -0.977. The van der Waals surface area contributed by atoms with Crippen molar-refractivity contribution < 1.29 is 33.8 Å². The number of nitrogens with zero attached hydrogens (tertiary/aromatic N) is 3. The van der Waals surface area contributed by atoms with Gasteiger partial charge in [0.05, 0.1) is 34.9 Å². The number of amides is 4. The Morgan fingerprint density at radius 2 is 1.53 bits per heavy atom. The maximum atomic E-state index is 13.9. The minimum atomic E-state index is -0.984. The third kappa shape index (κ3) is 11.3. The highest BCUT2D eigenvalue weighted by Crippen LogP contribution is 2.55. The van der Waals surface area contributed by atoms with Crippen LogP contribution in [0, 0.1) is 38.9 Å². The monoisotopic (exact) mass is 915 g/mol. The molecule has 1 aliphatic heterocycles. The molecule has 1 saturated heterocycles. The number of hydrogen-bond donors (Lipinski definition) is 5. The first kappa shape index (κ1) is 49.0. The first-order chi connectivity index (χ1) is 31.2. The summed E-state index contributed by atoms with van der Waals surface area (Å²) in [6.45, 7) is 14.2. The Labute approximate surface area is 391 Å². The molecule has 6 rings (SSSR count). The van der Waals surface area contributed by atoms with Gasteiger partial charge in [0, 0.05) is 60.2 Å². The van der Waals surface area contributed by atoms with Crippen LogP contribution in [0.2, 0.25) is 5.02 Å². The second-order valence-electron chi connectivity index (χ2n) is 19.2. The molecule has 14 nitrogen and oxygen atoms in total. The predicted octanol–water partition coefficient (Wildman–Crippen LogP) is 6.60. The fourth-order valence-electron chi connectivity index (χ4n) is 9.16. The Kier molecular flexibility index (Phi) is 15.1. The zero-order chi connectivity index (χ0) is 48.0. The Hall–Kier alpha value is -6.45. The maximum absolute atomic E-state index is 13.9. The molecule has 0 bridgehead atoms. The number of rotatable bonds is 16. The van der Waals surface area contributed by atoms with Crippen molar-refractivity contribution in [2.45, 2.75) is 91.8 Å². The maximum Gasteiger partial charge on any atom is 0.251 e. The first-order valence-electron chi connectivity index (χ1n) is 22.0. The molecule has 346 valence electrons. The van der Waals surface area contributed by atoms with Crippen LogP contribution in [0.25, 0.3) is 11.1 Å². The lowest BCUT2D eigenvalue weighted by Gasteiger charge is -2.63. The fraction of sp³-hybridized carbons (Fsp3) is 0.412. The van der Waals surface area contributed by atoms with Gasteiger partial charge in [-0.1, -0.05) is 96.5 Å². The standard InChI is InChI=1S/C51H58ClN7O7/c1-49(2,3)43(46(64)59-29-38(60)24-41(59)45(63)56-28-32-10-8-31(26-53)9-11-32)57-42(61)30-65-23-22-55-37-19-16-34(17-20-37)33-12-14-35(15-13-33)44(62)58-47-50(4,5)48(51(47,6)7)66-39-21-18-36(27-54)40(52)25-39/h8-21,25,38,41,43,47-48,55,60H,22-24,28-30H2,1-7H3,(H,56,63)(H,57,61)(H,58,62)/t38-,41+,43?,47?,48?/m1/s1. The Morgan fingerprint density at radius 1 is 0.894 bits per heavy atom. The highest BCUT2D eigenvalue weighted by atomic mass is 35.5. The summed E-state index contributed by atoms with van der Waals surface area (Å²) in [6.07, 6.45) is -1.04. The number of aliphatic hydroxyl groups is 1. The normalized spacial score (nSPS) is 19.8. The van der Waals surface area contributed by atoms with E-state index >= 15 is 0 Å². The third-order valence-electron chi connectivity index (χ3n) is 12.4. The molecule has 0 radical (unpaired) electrons. The molecule has 15 heteroatoms. The number of carbonyl (C=O) groups excluding carboxylic acids is 4. The Balaban J connectivity index is 0.936. The molecule has 1 heterocycles. The smallest absolute Gasteiger partial charge is 0.251 e. The Morgan fingerprint density at radius 3 is 2.12 bits per heavy atom. The summed E-state index contributed by atoms with van der Waals surface area (Å²) < 4.78 is 12.0. The van der Waals surface area contributed by atoms with Crippen molar-refractivity contribution in [3.05, 3.63) is 118 Å². The molecule has 1 aliphatic carbocycles. The van der Waals surface area contributed by atoms with Crippen LogP contribution in [-0.4, -0.2) is 90.3 Å². The number of nitriles is 2. The summed E-state index contributed by atoms with van der Waals surface area (Å²) in [4.78, 5) is 55.0. The zero-order valence-corrected chi connectivity index (χ0v) is 39.2. The van der Waals surface area contributed by atoms with Crippen LogP contribution in [0.3, 0.4) is 0 Å². The van der Waals surface area contributed by atoms with E-state index in [1.54, 1.807) is 42.5 Å². The van der Waals surface area contributed by atoms with Crippen molar-refractivity contribution in [3.63, 3.8) is 0 Å². The van der Waals surface area contributed by atoms with E-state index in [-0.39, 0.29) is 50.8 Å². The van der Waals surface area contributed by atoms with Gasteiger partial charge in [0.2, 0.25) is 17.7 Å². The topological polar surface area (TPSA) is 206 Å². The summed E-state index contributed by atoms with van der Waals surface area (Å²) in [6, 6.07) is 29.1. The van der Waals surface area contributed by atoms with E-state index < -0.39 is 52.2 Å². The number of nitrogens with one attached hydrogen (secondary N) is 4. The van der Waals surface area contributed by atoms with Crippen LogP contribution >= 0.6 is 11.6 Å². The van der Waals surface area contributed by atoms with E-state index in [9.17, 15) is 29.5 Å². The van der Waals surface area contributed by atoms with E-state index in [1.807, 2.05) is 69.3 Å². The number of ether oxygens (including phenoxy) is 2. The number of anilines is 1. The highest BCUT2D eigenvalue weighted by Gasteiger charge is 2.64. The number of benzene rings is 4. The van der Waals surface area contributed by atoms with Crippen LogP contribution in [0.5, 0.6) is 5.75 Å². The lowest BCUT2D eigenvalue weighted by atomic mass is 9.49. The van der Waals surface area contributed by atoms with Gasteiger partial charge in [0.15, 0.2) is 0 Å². The SMILES string of the molecule is CC(C)(C)C(NC(=O)COCCNc1ccc(-c2ccc(C(=O)NC3C(C)(C)C(Oc4ccc(C#N)c(Cl)c4)C3(C)C)cc2)cc1)C(=O)N1C[C@H](O)C[C@H]1C(=O)NCc1ccc(C#N)cc1. The number of aliphatic hydroxyl groups excluding tert-OH is 1. The van der Waals surface area contributed by atoms with Gasteiger partial charge >= 0.3 is 0 Å². The molecule has 5 N–H and O–H groups in total. The van der Waals surface area contributed by atoms with E-state index in [0.29, 0.717) is 34.0 Å². The van der Waals surface area contributed by atoms with Gasteiger partial charge in [-0.2, -0.15) is 10.5 Å². The van der Waals surface area contributed by atoms with E-state index in [0.717, 1.165) is 22.4 Å². The van der Waals surface area contributed by atoms with E-state index in [4.69, 9.17) is 26.3 Å². The molecule has 2 fully saturated rings. The highest BCUT2D eigenvalue weighted by molar-refractivity contribution is 6.31. The minimum Gasteiger partial charge on any atom is -0.489 e. The lowest BCUT2D eigenvalue weighted by molar-refractivity contribution is -0.164. The van der Waals surface area contributed by atoms with Crippen molar-refractivity contribution in [2.24, 2.45) is 16.2 Å². The largest absolute Gasteiger partial charge is 0.489 e. The number of carbonyl (C=O) groups is 4. The average molecular weight is 917 g/mol. The minimum absolute atomic E-state index is 0.0401. The van der Waals surface area contributed by atoms with Gasteiger partial charge in [0.1, 0.15) is 36.6 Å². The molecule has 1 saturated carbocycles. The van der Waals surface area contributed by atoms with Gasteiger partial charge in [-0.25, -0.2) is 0 Å². The Bertz CT molecular complexity index is 2470. The van der Waals surface area contributed by atoms with Gasteiger partial charge in [0.25, 0.3) is 5.91 Å². The number of likely N-dealkylation sites (tertiary alicyclic amines) is 1. The molecular formula is C51H58ClN7O7. The van der Waals surface area contributed by atoms with Crippen molar-refractivity contribution in [3.8, 4) is 29.0 Å². The fourth-order valence-corrected chi connectivity index (χ4v) is 9.38. The van der Waals surface area contributed by atoms with Crippen LogP contribution in [-0.2, 0) is 25.7 Å². The summed E-state index contributed by atoms with van der Waals surface area (Å²) >= 11 is 6.24. The van der Waals surface area contributed by atoms with Crippen molar-refractivity contribution in [1.82, 2.24) is 20.9 Å². The first-order valence-corrected chi connectivity index (χ1v) is 22.3. The van der Waals surface area contributed by atoms with Gasteiger partial charge < -0.3 is 40.7 Å². The molecule has 4 aromatic rings. The zero-order valence-electron chi connectivity index (χ0n) is 38.4. The van der Waals surface area contributed by atoms with E-state index in [2.05, 4.69) is 61.1 Å². The van der Waals surface area contributed by atoms with Crippen molar-refractivity contribution in [2.75, 3.05) is 31.6 Å². The quantitative estimate of drug-likeness (QED) is 0.0762. The molecule has 2 aliphatic rings. The van der Waals surface area contributed by atoms with Crippen LogP contribution in [0.15, 0.2) is 91.0 Å². The van der Waals surface area contributed by atoms with Crippen LogP contribution in [0.4, 0.5) is 5.69 Å². The molecule has 1 unspecified atom stereocenters. The molecular weight excluding hydrogens is 858 g/mol. The molecule has 4 aromatic carbocycles. The predicted molar refractivity (Wildman–Crippen MR) is 251 cm³/mol. The molecule has 4 amide bonds. The summed E-state index contributed by atoms with van der Waals surface area (Å²) in [7, 11) is 0. The third-order valence-corrected chi connectivity index (χ3v) is 12.7. The van der Waals surface area contributed by atoms with Crippen molar-refractivity contribution >= 4 is 40.9 Å². The summed E-state index contributed by atoms with van der Waals surface area (Å²) in [5, 5.41) is 41.2. The van der Waals surface area contributed by atoms with Crippen LogP contribution < -0.4 is 26.0 Å². The molecule has 66 heavy (non-hydrogen) atoms. The number of β-amino-alcohol motifs (C(OH)–C–C–N with tert-alkyl or cyclic N) is 1. The lowest BCUT2D eigenvalue weighted by Crippen LogP contribution is -2.74. The van der Waals surface area contributed by atoms with Crippen molar-refractivity contribution in [1.29, 1.82) is 10.5 Å². The second kappa shape index (κ2) is 20.4. The van der Waals surface area contributed by atoms with E-state index in [1.165, 1.54) is 4.90 Å².